The third-order valence-electron chi connectivity index (χ3n) is 1.93. The molecule has 1 amide bonds. The average molecular weight is 260 g/mol. The molecule has 0 saturated heterocycles. The number of hydrogen-bond acceptors (Lipinski definition) is 4. The molecule has 5 N–H and O–H groups in total. The number of nitrogens with one attached hydrogen (secondary N) is 1. The molecule has 0 saturated carbocycles. The van der Waals surface area contributed by atoms with Crippen LogP contribution in [0.2, 0.25) is 5.02 Å². The number of amides is 1. The number of anilines is 1. The van der Waals surface area contributed by atoms with Crippen LogP contribution in [-0.4, -0.2) is 11.2 Å². The molecule has 1 rings (SSSR count). The summed E-state index contributed by atoms with van der Waals surface area (Å²) in [6.45, 7) is 1.94. The summed E-state index contributed by atoms with van der Waals surface area (Å²) < 4.78 is 0. The van der Waals surface area contributed by atoms with Crippen molar-refractivity contribution in [1.29, 1.82) is 0 Å². The van der Waals surface area contributed by atoms with E-state index in [4.69, 9.17) is 23.2 Å². The fourth-order valence-corrected chi connectivity index (χ4v) is 2.40. The first kappa shape index (κ1) is 13.2. The normalized spacial score (nSPS) is 12.2. The number of benzene rings is 1. The Morgan fingerprint density at radius 2 is 2.31 bits per heavy atom. The Kier molecular flexibility index (Phi) is 4.92. The zero-order valence-electron chi connectivity index (χ0n) is 8.87. The van der Waals surface area contributed by atoms with Gasteiger partial charge in [0.05, 0.1) is 0 Å². The summed E-state index contributed by atoms with van der Waals surface area (Å²) >= 11 is 7.31. The van der Waals surface area contributed by atoms with E-state index in [1.165, 1.54) is 11.8 Å². The van der Waals surface area contributed by atoms with E-state index in [-0.39, 0.29) is 11.2 Å². The summed E-state index contributed by atoms with van der Waals surface area (Å²) in [5, 5.41) is 0.709. The number of carbonyl (C=O) groups excluding carboxylic acids is 1. The van der Waals surface area contributed by atoms with E-state index in [9.17, 15) is 4.79 Å². The quantitative estimate of drug-likeness (QED) is 0.253. The van der Waals surface area contributed by atoms with E-state index in [0.717, 1.165) is 4.90 Å². The SMILES string of the molecule is CC(CC(=O)NN)Sc1ccc(Cl)cc1N. The fourth-order valence-electron chi connectivity index (χ4n) is 1.21. The van der Waals surface area contributed by atoms with Crippen molar-refractivity contribution in [2.75, 3.05) is 5.73 Å². The maximum Gasteiger partial charge on any atom is 0.234 e. The minimum absolute atomic E-state index is 0.104. The average Bonchev–Trinajstić information content (AvgIpc) is 2.22. The molecule has 0 aliphatic heterocycles. The van der Waals surface area contributed by atoms with E-state index in [2.05, 4.69) is 5.43 Å². The Morgan fingerprint density at radius 1 is 1.62 bits per heavy atom. The standard InChI is InChI=1S/C10H14ClN3OS/c1-6(4-10(15)14-13)16-9-3-2-7(11)5-8(9)12/h2-3,5-6H,4,12-13H2,1H3,(H,14,15). The van der Waals surface area contributed by atoms with Gasteiger partial charge in [-0.15, -0.1) is 11.8 Å². The first-order valence-electron chi connectivity index (χ1n) is 4.74. The molecule has 1 aromatic carbocycles. The maximum absolute atomic E-state index is 11.0. The van der Waals surface area contributed by atoms with Crippen LogP contribution in [0, 0.1) is 0 Å². The van der Waals surface area contributed by atoms with Crippen molar-refractivity contribution in [3.05, 3.63) is 23.2 Å². The molecule has 88 valence electrons. The van der Waals surface area contributed by atoms with Gasteiger partial charge >= 0.3 is 0 Å². The van der Waals surface area contributed by atoms with Gasteiger partial charge in [0.15, 0.2) is 0 Å². The zero-order valence-corrected chi connectivity index (χ0v) is 10.4. The third kappa shape index (κ3) is 3.92. The van der Waals surface area contributed by atoms with Crippen LogP contribution < -0.4 is 17.0 Å². The minimum atomic E-state index is -0.187. The van der Waals surface area contributed by atoms with Gasteiger partial charge in [0, 0.05) is 27.3 Å². The van der Waals surface area contributed by atoms with Crippen LogP contribution in [0.25, 0.3) is 0 Å². The number of rotatable bonds is 4. The van der Waals surface area contributed by atoms with Gasteiger partial charge in [-0.05, 0) is 18.2 Å². The minimum Gasteiger partial charge on any atom is -0.398 e. The molecule has 0 aliphatic rings. The molecular formula is C10H14ClN3OS. The van der Waals surface area contributed by atoms with Crippen LogP contribution in [0.4, 0.5) is 5.69 Å². The summed E-state index contributed by atoms with van der Waals surface area (Å²) in [6, 6.07) is 5.31. The molecular weight excluding hydrogens is 246 g/mol. The summed E-state index contributed by atoms with van der Waals surface area (Å²) in [5.74, 6) is 4.83. The molecule has 0 spiro atoms. The van der Waals surface area contributed by atoms with Gasteiger partial charge in [-0.25, -0.2) is 5.84 Å². The van der Waals surface area contributed by atoms with E-state index in [1.54, 1.807) is 12.1 Å². The number of nitrogen functional groups attached to an aromatic ring is 1. The van der Waals surface area contributed by atoms with Crippen molar-refractivity contribution in [2.45, 2.75) is 23.5 Å². The summed E-state index contributed by atoms with van der Waals surface area (Å²) in [6.07, 6.45) is 0.350. The van der Waals surface area contributed by atoms with Crippen LogP contribution in [0.3, 0.4) is 0 Å². The molecule has 0 heterocycles. The van der Waals surface area contributed by atoms with E-state index >= 15 is 0 Å². The van der Waals surface area contributed by atoms with Crippen molar-refractivity contribution < 1.29 is 4.79 Å². The molecule has 1 unspecified atom stereocenters. The first-order chi connectivity index (χ1) is 7.52. The second kappa shape index (κ2) is 5.98. The van der Waals surface area contributed by atoms with Crippen LogP contribution >= 0.6 is 23.4 Å². The lowest BCUT2D eigenvalue weighted by Gasteiger charge is -2.11. The number of hydrazine groups is 1. The number of carbonyl (C=O) groups is 1. The number of nitrogens with two attached hydrogens (primary N) is 2. The van der Waals surface area contributed by atoms with Crippen molar-refractivity contribution in [2.24, 2.45) is 5.84 Å². The smallest absolute Gasteiger partial charge is 0.234 e. The van der Waals surface area contributed by atoms with Gasteiger partial charge in [0.25, 0.3) is 0 Å². The van der Waals surface area contributed by atoms with Crippen LogP contribution in [0.15, 0.2) is 23.1 Å². The predicted molar refractivity (Wildman–Crippen MR) is 68.1 cm³/mol. The van der Waals surface area contributed by atoms with E-state index in [1.807, 2.05) is 13.0 Å². The summed E-state index contributed by atoms with van der Waals surface area (Å²) in [4.78, 5) is 12.0. The van der Waals surface area contributed by atoms with Crippen LogP contribution in [-0.2, 0) is 4.79 Å². The van der Waals surface area contributed by atoms with Gasteiger partial charge < -0.3 is 5.73 Å². The lowest BCUT2D eigenvalue weighted by molar-refractivity contribution is -0.121. The van der Waals surface area contributed by atoms with Crippen molar-refractivity contribution >= 4 is 35.0 Å². The van der Waals surface area contributed by atoms with Gasteiger partial charge in [-0.1, -0.05) is 18.5 Å². The van der Waals surface area contributed by atoms with E-state index in [0.29, 0.717) is 17.1 Å². The Morgan fingerprint density at radius 3 is 2.88 bits per heavy atom. The highest BCUT2D eigenvalue weighted by molar-refractivity contribution is 8.00. The Balaban J connectivity index is 2.62. The maximum atomic E-state index is 11.0. The Labute approximate surface area is 104 Å². The van der Waals surface area contributed by atoms with E-state index < -0.39 is 0 Å². The van der Waals surface area contributed by atoms with Crippen molar-refractivity contribution in [3.8, 4) is 0 Å². The monoisotopic (exact) mass is 259 g/mol. The highest BCUT2D eigenvalue weighted by Crippen LogP contribution is 2.31. The van der Waals surface area contributed by atoms with Crippen molar-refractivity contribution in [3.63, 3.8) is 0 Å². The third-order valence-corrected chi connectivity index (χ3v) is 3.36. The molecule has 1 aromatic rings. The lowest BCUT2D eigenvalue weighted by Crippen LogP contribution is -2.31. The van der Waals surface area contributed by atoms with Crippen molar-refractivity contribution in [1.82, 2.24) is 5.43 Å². The second-order valence-corrected chi connectivity index (χ2v) is 5.30. The van der Waals surface area contributed by atoms with Gasteiger partial charge in [-0.2, -0.15) is 0 Å². The molecule has 0 fully saturated rings. The number of halogens is 1. The highest BCUT2D eigenvalue weighted by atomic mass is 35.5. The van der Waals surface area contributed by atoms with Gasteiger partial charge in [0.1, 0.15) is 0 Å². The van der Waals surface area contributed by atoms with Gasteiger partial charge in [0.2, 0.25) is 5.91 Å². The number of thioether (sulfide) groups is 1. The van der Waals surface area contributed by atoms with Crippen LogP contribution in [0.1, 0.15) is 13.3 Å². The largest absolute Gasteiger partial charge is 0.398 e. The predicted octanol–water partition coefficient (Wildman–Crippen LogP) is 1.78. The molecule has 0 bridgehead atoms. The second-order valence-electron chi connectivity index (χ2n) is 3.38. The zero-order chi connectivity index (χ0) is 12.1. The highest BCUT2D eigenvalue weighted by Gasteiger charge is 2.11. The molecule has 16 heavy (non-hydrogen) atoms. The van der Waals surface area contributed by atoms with Crippen LogP contribution in [0.5, 0.6) is 0 Å². The molecule has 4 nitrogen and oxygen atoms in total. The summed E-state index contributed by atoms with van der Waals surface area (Å²) in [5.41, 5.74) is 8.53. The molecule has 1 atom stereocenters. The Bertz CT molecular complexity index is 386. The first-order valence-corrected chi connectivity index (χ1v) is 6.00. The Hall–Kier alpha value is -0.910. The molecule has 0 radical (unpaired) electrons. The van der Waals surface area contributed by atoms with Gasteiger partial charge in [-0.3, -0.25) is 10.2 Å². The fraction of sp³-hybridized carbons (Fsp3) is 0.300. The molecule has 0 aliphatic carbocycles. The molecule has 0 aromatic heterocycles. The topological polar surface area (TPSA) is 81.1 Å². The molecule has 6 heteroatoms. The number of hydrogen-bond donors (Lipinski definition) is 3. The lowest BCUT2D eigenvalue weighted by atomic mass is 10.3. The summed E-state index contributed by atoms with van der Waals surface area (Å²) in [7, 11) is 0.